The minimum Gasteiger partial charge on any atom is -0.388 e. The van der Waals surface area contributed by atoms with Gasteiger partial charge in [0.15, 0.2) is 22.9 Å². The zero-order chi connectivity index (χ0) is 27.2. The summed E-state index contributed by atoms with van der Waals surface area (Å²) in [6, 6.07) is 6.31. The molecule has 1 fully saturated rings. The van der Waals surface area contributed by atoms with E-state index >= 15 is 0 Å². The number of hydrogen-bond donors (Lipinski definition) is 6. The van der Waals surface area contributed by atoms with Crippen molar-refractivity contribution in [1.82, 2.24) is 25.0 Å². The van der Waals surface area contributed by atoms with E-state index in [4.69, 9.17) is 37.5 Å². The van der Waals surface area contributed by atoms with E-state index in [0.717, 1.165) is 5.56 Å². The van der Waals surface area contributed by atoms with Gasteiger partial charge in [-0.1, -0.05) is 35.0 Å². The number of aliphatic hydroxyl groups excluding tert-OH is 1. The molecule has 0 radical (unpaired) electrons. The third-order valence-electron chi connectivity index (χ3n) is 6.17. The number of halogens is 2. The summed E-state index contributed by atoms with van der Waals surface area (Å²) < 4.78 is 29.3. The lowest BCUT2D eigenvalue weighted by Gasteiger charge is -2.29. The van der Waals surface area contributed by atoms with Crippen LogP contribution in [0.2, 0.25) is 10.3 Å². The van der Waals surface area contributed by atoms with Gasteiger partial charge in [-0.25, -0.2) is 4.68 Å². The topological polar surface area (TPSA) is 213 Å². The molecule has 0 spiro atoms. The fourth-order valence-electron chi connectivity index (χ4n) is 4.21. The number of aliphatic hydroxyl groups is 2. The molecule has 37 heavy (non-hydrogen) atoms. The summed E-state index contributed by atoms with van der Waals surface area (Å²) in [6.45, 7) is 1.06. The number of aromatic nitrogens is 5. The van der Waals surface area contributed by atoms with Gasteiger partial charge in [0.25, 0.3) is 0 Å². The van der Waals surface area contributed by atoms with Crippen LogP contribution in [0.15, 0.2) is 24.3 Å². The van der Waals surface area contributed by atoms with Gasteiger partial charge in [0.1, 0.15) is 6.10 Å². The summed E-state index contributed by atoms with van der Waals surface area (Å²) >= 11 is 12.3. The van der Waals surface area contributed by atoms with Gasteiger partial charge in [-0.05, 0) is 36.6 Å². The highest BCUT2D eigenvalue weighted by atomic mass is 35.5. The van der Waals surface area contributed by atoms with Gasteiger partial charge in [-0.2, -0.15) is 9.97 Å². The molecular weight excluding hydrogens is 573 g/mol. The summed E-state index contributed by atoms with van der Waals surface area (Å²) in [5, 5.41) is 33.5. The molecule has 14 nitrogen and oxygen atoms in total. The highest BCUT2D eigenvalue weighted by Crippen LogP contribution is 2.56. The summed E-state index contributed by atoms with van der Waals surface area (Å²) in [5.74, 6) is -2.01. The molecule has 1 aliphatic rings. The summed E-state index contributed by atoms with van der Waals surface area (Å²) in [7, 11) is -9.48. The van der Waals surface area contributed by atoms with Crippen molar-refractivity contribution in [1.29, 1.82) is 0 Å². The van der Waals surface area contributed by atoms with Crippen LogP contribution in [0.4, 0.5) is 5.82 Å². The van der Waals surface area contributed by atoms with Crippen LogP contribution >= 0.6 is 38.4 Å². The average molecular weight is 597 g/mol. The summed E-state index contributed by atoms with van der Waals surface area (Å²) in [6.07, 6.45) is -1.42. The van der Waals surface area contributed by atoms with Crippen LogP contribution in [0.25, 0.3) is 11.2 Å². The second-order valence-electron chi connectivity index (χ2n) is 8.90. The number of benzene rings is 1. The standard InChI is InChI=1S/C19H24Cl2N6O8P2/c1-19(29)11(8-35-37(33,34)9-36(30,31)32)6-13(15(19)28)27-17-14(25-26-27)16(23-18(21)24-17)22-7-10-4-2-3-5-12(10)20/h2-5,11,13,15,28-29H,6-9H2,1H3,(H,33,34)(H,22,23,24)(H2,30,31,32)/t11-,13-,15+,19-/m1/s1. The molecule has 1 saturated carbocycles. The maximum atomic E-state index is 12.0. The maximum Gasteiger partial charge on any atom is 0.340 e. The summed E-state index contributed by atoms with van der Waals surface area (Å²) in [5.41, 5.74) is -0.612. The first-order valence-electron chi connectivity index (χ1n) is 10.8. The molecule has 6 N–H and O–H groups in total. The Hall–Kier alpha value is -1.70. The van der Waals surface area contributed by atoms with E-state index in [9.17, 15) is 24.2 Å². The molecule has 1 aromatic carbocycles. The molecule has 2 aromatic heterocycles. The number of nitrogens with zero attached hydrogens (tertiary/aromatic N) is 5. The minimum absolute atomic E-state index is 0.00649. The number of hydrogen-bond acceptors (Lipinski definition) is 10. The number of nitrogens with one attached hydrogen (secondary N) is 1. The van der Waals surface area contributed by atoms with E-state index in [1.807, 2.05) is 12.1 Å². The Bertz CT molecular complexity index is 1400. The SMILES string of the molecule is C[C@@]1(O)[C@@H](COP(=O)(O)CP(=O)(O)O)C[C@@H](n2nnc3c(NCc4ccccc4Cl)nc(Cl)nc32)[C@@H]1O. The van der Waals surface area contributed by atoms with Crippen molar-refractivity contribution in [3.05, 3.63) is 40.1 Å². The first kappa shape index (κ1) is 28.3. The van der Waals surface area contributed by atoms with Gasteiger partial charge in [-0.3, -0.25) is 9.13 Å². The maximum absolute atomic E-state index is 12.0. The third-order valence-corrected chi connectivity index (χ3v) is 10.2. The van der Waals surface area contributed by atoms with Gasteiger partial charge in [-0.15, -0.1) is 5.10 Å². The third kappa shape index (κ3) is 6.31. The largest absolute Gasteiger partial charge is 0.388 e. The molecule has 2 heterocycles. The first-order valence-corrected chi connectivity index (χ1v) is 15.2. The zero-order valence-corrected chi connectivity index (χ0v) is 22.5. The Morgan fingerprint density at radius 2 is 1.92 bits per heavy atom. The van der Waals surface area contributed by atoms with E-state index in [-0.39, 0.29) is 28.7 Å². The average Bonchev–Trinajstić information content (AvgIpc) is 3.28. The van der Waals surface area contributed by atoms with Crippen molar-refractivity contribution in [3.63, 3.8) is 0 Å². The monoisotopic (exact) mass is 596 g/mol. The Morgan fingerprint density at radius 1 is 1.22 bits per heavy atom. The van der Waals surface area contributed by atoms with Crippen molar-refractivity contribution in [2.75, 3.05) is 17.8 Å². The van der Waals surface area contributed by atoms with Gasteiger partial charge < -0.3 is 34.7 Å². The smallest absolute Gasteiger partial charge is 0.340 e. The van der Waals surface area contributed by atoms with E-state index in [1.165, 1.54) is 11.6 Å². The summed E-state index contributed by atoms with van der Waals surface area (Å²) in [4.78, 5) is 36.1. The van der Waals surface area contributed by atoms with Crippen LogP contribution in [-0.2, 0) is 20.2 Å². The molecule has 18 heteroatoms. The molecule has 0 saturated heterocycles. The lowest BCUT2D eigenvalue weighted by Crippen LogP contribution is -2.43. The number of anilines is 1. The fourth-order valence-corrected chi connectivity index (χ4v) is 7.18. The minimum atomic E-state index is -4.82. The van der Waals surface area contributed by atoms with Crippen LogP contribution in [0.5, 0.6) is 0 Å². The van der Waals surface area contributed by atoms with Gasteiger partial charge >= 0.3 is 15.2 Å². The molecule has 0 aliphatic heterocycles. The van der Waals surface area contributed by atoms with Crippen LogP contribution in [0.1, 0.15) is 24.9 Å². The normalized spacial score (nSPS) is 25.9. The first-order chi connectivity index (χ1) is 17.2. The van der Waals surface area contributed by atoms with Crippen LogP contribution < -0.4 is 5.32 Å². The molecule has 202 valence electrons. The predicted molar refractivity (Wildman–Crippen MR) is 133 cm³/mol. The van der Waals surface area contributed by atoms with Crippen molar-refractivity contribution in [3.8, 4) is 0 Å². The fraction of sp³-hybridized carbons (Fsp3) is 0.474. The number of fused-ring (bicyclic) bond motifs is 1. The van der Waals surface area contributed by atoms with Crippen LogP contribution in [0, 0.1) is 5.92 Å². The molecule has 4 rings (SSSR count). The van der Waals surface area contributed by atoms with E-state index < -0.39 is 51.4 Å². The second kappa shape index (κ2) is 10.5. The molecule has 5 atom stereocenters. The van der Waals surface area contributed by atoms with Crippen LogP contribution in [-0.4, -0.2) is 74.1 Å². The molecule has 3 aromatic rings. The van der Waals surface area contributed by atoms with E-state index in [1.54, 1.807) is 12.1 Å². The molecule has 0 bridgehead atoms. The van der Waals surface area contributed by atoms with Gasteiger partial charge in [0.2, 0.25) is 5.28 Å². The quantitative estimate of drug-likeness (QED) is 0.154. The lowest BCUT2D eigenvalue weighted by atomic mass is 9.92. The van der Waals surface area contributed by atoms with E-state index in [2.05, 4.69) is 25.6 Å². The Morgan fingerprint density at radius 3 is 2.59 bits per heavy atom. The second-order valence-corrected chi connectivity index (χ2v) is 13.6. The molecular formula is C19H24Cl2N6O8P2. The van der Waals surface area contributed by atoms with Crippen LogP contribution in [0.3, 0.4) is 0 Å². The van der Waals surface area contributed by atoms with Gasteiger partial charge in [0.05, 0.1) is 18.2 Å². The Kier molecular flexibility index (Phi) is 8.00. The molecule has 1 unspecified atom stereocenters. The van der Waals surface area contributed by atoms with Crippen molar-refractivity contribution in [2.45, 2.75) is 37.6 Å². The van der Waals surface area contributed by atoms with Crippen molar-refractivity contribution in [2.24, 2.45) is 5.92 Å². The van der Waals surface area contributed by atoms with Crippen molar-refractivity contribution >= 4 is 55.4 Å². The Labute approximate surface area is 220 Å². The number of rotatable bonds is 9. The highest BCUT2D eigenvalue weighted by molar-refractivity contribution is 7.70. The Balaban J connectivity index is 1.57. The zero-order valence-electron chi connectivity index (χ0n) is 19.2. The molecule has 1 aliphatic carbocycles. The lowest BCUT2D eigenvalue weighted by molar-refractivity contribution is -0.0833. The van der Waals surface area contributed by atoms with Crippen molar-refractivity contribution < 1.29 is 38.5 Å². The van der Waals surface area contributed by atoms with E-state index in [0.29, 0.717) is 11.6 Å². The molecule has 0 amide bonds. The van der Waals surface area contributed by atoms with Gasteiger partial charge in [0, 0.05) is 17.5 Å². The predicted octanol–water partition coefficient (Wildman–Crippen LogP) is 2.15. The highest BCUT2D eigenvalue weighted by Gasteiger charge is 2.53.